The first-order valence-electron chi connectivity index (χ1n) is 4.88. The molecular weight excluding hydrogens is 206 g/mol. The molecule has 0 aliphatic heterocycles. The number of carbonyl (C=O) groups excluding carboxylic acids is 1. The SMILES string of the molecule is CC(=O)Nc1ccccc1C=CCCS. The molecule has 0 fully saturated rings. The van der Waals surface area contributed by atoms with Gasteiger partial charge in [0.2, 0.25) is 5.91 Å². The van der Waals surface area contributed by atoms with Crippen LogP contribution in [0, 0.1) is 0 Å². The largest absolute Gasteiger partial charge is 0.326 e. The maximum atomic E-state index is 10.9. The third-order valence-corrected chi connectivity index (χ3v) is 2.12. The topological polar surface area (TPSA) is 29.1 Å². The molecule has 1 N–H and O–H groups in total. The van der Waals surface area contributed by atoms with Crippen LogP contribution in [0.3, 0.4) is 0 Å². The van der Waals surface area contributed by atoms with E-state index >= 15 is 0 Å². The predicted molar refractivity (Wildman–Crippen MR) is 68.2 cm³/mol. The summed E-state index contributed by atoms with van der Waals surface area (Å²) in [5.74, 6) is 0.781. The lowest BCUT2D eigenvalue weighted by molar-refractivity contribution is -0.114. The number of carbonyl (C=O) groups is 1. The average molecular weight is 221 g/mol. The van der Waals surface area contributed by atoms with Gasteiger partial charge in [0.05, 0.1) is 0 Å². The Morgan fingerprint density at radius 3 is 2.87 bits per heavy atom. The number of hydrogen-bond acceptors (Lipinski definition) is 2. The summed E-state index contributed by atoms with van der Waals surface area (Å²) in [6.07, 6.45) is 4.98. The van der Waals surface area contributed by atoms with E-state index in [9.17, 15) is 4.79 Å². The molecule has 1 aromatic rings. The second-order valence-electron chi connectivity index (χ2n) is 3.18. The van der Waals surface area contributed by atoms with Gasteiger partial charge < -0.3 is 5.32 Å². The van der Waals surface area contributed by atoms with Crippen molar-refractivity contribution < 1.29 is 4.79 Å². The summed E-state index contributed by atoms with van der Waals surface area (Å²) in [4.78, 5) is 10.9. The lowest BCUT2D eigenvalue weighted by Gasteiger charge is -2.05. The number of anilines is 1. The summed E-state index contributed by atoms with van der Waals surface area (Å²) < 4.78 is 0. The standard InChI is InChI=1S/C12H15NOS/c1-10(14)13-12-8-3-2-6-11(12)7-4-5-9-15/h2-4,6-8,15H,5,9H2,1H3,(H,13,14). The molecule has 3 heteroatoms. The Morgan fingerprint density at radius 2 is 2.20 bits per heavy atom. The Morgan fingerprint density at radius 1 is 1.47 bits per heavy atom. The summed E-state index contributed by atoms with van der Waals surface area (Å²) in [6, 6.07) is 7.72. The van der Waals surface area contributed by atoms with Crippen LogP contribution in [0.2, 0.25) is 0 Å². The van der Waals surface area contributed by atoms with E-state index in [4.69, 9.17) is 0 Å². The molecule has 1 aromatic carbocycles. The number of nitrogens with one attached hydrogen (secondary N) is 1. The third kappa shape index (κ3) is 4.21. The van der Waals surface area contributed by atoms with Crippen molar-refractivity contribution in [2.75, 3.05) is 11.1 Å². The van der Waals surface area contributed by atoms with Crippen LogP contribution in [-0.2, 0) is 4.79 Å². The molecule has 0 heterocycles. The molecule has 0 radical (unpaired) electrons. The molecule has 0 saturated heterocycles. The van der Waals surface area contributed by atoms with Crippen molar-refractivity contribution in [2.45, 2.75) is 13.3 Å². The van der Waals surface area contributed by atoms with E-state index < -0.39 is 0 Å². The highest BCUT2D eigenvalue weighted by Gasteiger charge is 1.98. The Labute approximate surface area is 95.8 Å². The molecule has 80 valence electrons. The molecular formula is C12H15NOS. The van der Waals surface area contributed by atoms with Gasteiger partial charge >= 0.3 is 0 Å². The first-order valence-corrected chi connectivity index (χ1v) is 5.51. The van der Waals surface area contributed by atoms with Crippen LogP contribution in [0.5, 0.6) is 0 Å². The molecule has 0 unspecified atom stereocenters. The number of hydrogen-bond donors (Lipinski definition) is 2. The average Bonchev–Trinajstić information content (AvgIpc) is 2.20. The fourth-order valence-corrected chi connectivity index (χ4v) is 1.38. The van der Waals surface area contributed by atoms with Gasteiger partial charge in [0, 0.05) is 12.6 Å². The van der Waals surface area contributed by atoms with Gasteiger partial charge in [0.25, 0.3) is 0 Å². The minimum absolute atomic E-state index is 0.0509. The number of benzene rings is 1. The van der Waals surface area contributed by atoms with Crippen molar-refractivity contribution in [3.05, 3.63) is 35.9 Å². The van der Waals surface area contributed by atoms with Crippen molar-refractivity contribution >= 4 is 30.3 Å². The molecule has 2 nitrogen and oxygen atoms in total. The van der Waals surface area contributed by atoms with Gasteiger partial charge in [-0.25, -0.2) is 0 Å². The summed E-state index contributed by atoms with van der Waals surface area (Å²) in [5, 5.41) is 2.79. The number of para-hydroxylation sites is 1. The highest BCUT2D eigenvalue weighted by Crippen LogP contribution is 2.16. The lowest BCUT2D eigenvalue weighted by Crippen LogP contribution is -2.06. The smallest absolute Gasteiger partial charge is 0.221 e. The molecule has 1 amide bonds. The van der Waals surface area contributed by atoms with E-state index in [0.29, 0.717) is 0 Å². The van der Waals surface area contributed by atoms with Crippen molar-refractivity contribution in [3.8, 4) is 0 Å². The predicted octanol–water partition coefficient (Wildman–Crippen LogP) is 2.98. The normalized spacial score (nSPS) is 10.5. The van der Waals surface area contributed by atoms with Crippen molar-refractivity contribution in [3.63, 3.8) is 0 Å². The number of thiol groups is 1. The molecule has 0 aliphatic rings. The van der Waals surface area contributed by atoms with E-state index in [1.165, 1.54) is 6.92 Å². The maximum Gasteiger partial charge on any atom is 0.221 e. The minimum Gasteiger partial charge on any atom is -0.326 e. The molecule has 0 aromatic heterocycles. The monoisotopic (exact) mass is 221 g/mol. The first-order chi connectivity index (χ1) is 7.24. The van der Waals surface area contributed by atoms with Crippen LogP contribution in [0.4, 0.5) is 5.69 Å². The van der Waals surface area contributed by atoms with Crippen LogP contribution in [0.1, 0.15) is 18.9 Å². The van der Waals surface area contributed by atoms with Crippen LogP contribution >= 0.6 is 12.6 Å². The van der Waals surface area contributed by atoms with E-state index in [1.54, 1.807) is 0 Å². The van der Waals surface area contributed by atoms with Crippen molar-refractivity contribution in [1.29, 1.82) is 0 Å². The zero-order valence-electron chi connectivity index (χ0n) is 8.73. The van der Waals surface area contributed by atoms with Gasteiger partial charge in [-0.3, -0.25) is 4.79 Å². The maximum absolute atomic E-state index is 10.9. The van der Waals surface area contributed by atoms with Gasteiger partial charge in [-0.15, -0.1) is 0 Å². The van der Waals surface area contributed by atoms with Gasteiger partial charge in [0.15, 0.2) is 0 Å². The van der Waals surface area contributed by atoms with Crippen LogP contribution < -0.4 is 5.32 Å². The highest BCUT2D eigenvalue weighted by molar-refractivity contribution is 7.80. The van der Waals surface area contributed by atoms with E-state index in [-0.39, 0.29) is 5.91 Å². The second kappa shape index (κ2) is 6.30. The fourth-order valence-electron chi connectivity index (χ4n) is 1.23. The van der Waals surface area contributed by atoms with E-state index in [1.807, 2.05) is 36.4 Å². The Bertz CT molecular complexity index is 360. The quantitative estimate of drug-likeness (QED) is 0.752. The van der Waals surface area contributed by atoms with E-state index in [2.05, 4.69) is 17.9 Å². The fraction of sp³-hybridized carbons (Fsp3) is 0.250. The minimum atomic E-state index is -0.0509. The molecule has 15 heavy (non-hydrogen) atoms. The zero-order chi connectivity index (χ0) is 11.1. The molecule has 0 spiro atoms. The molecule has 1 rings (SSSR count). The Hall–Kier alpha value is -1.22. The number of allylic oxidation sites excluding steroid dienone is 1. The van der Waals surface area contributed by atoms with Crippen molar-refractivity contribution in [2.24, 2.45) is 0 Å². The summed E-state index contributed by atoms with van der Waals surface area (Å²) in [6.45, 7) is 1.51. The van der Waals surface area contributed by atoms with Gasteiger partial charge in [-0.1, -0.05) is 30.4 Å². The van der Waals surface area contributed by atoms with Crippen molar-refractivity contribution in [1.82, 2.24) is 0 Å². The second-order valence-corrected chi connectivity index (χ2v) is 3.63. The molecule has 0 bridgehead atoms. The summed E-state index contributed by atoms with van der Waals surface area (Å²) in [5.41, 5.74) is 1.87. The van der Waals surface area contributed by atoms with Crippen LogP contribution in [-0.4, -0.2) is 11.7 Å². The van der Waals surface area contributed by atoms with Gasteiger partial charge in [-0.05, 0) is 23.8 Å². The van der Waals surface area contributed by atoms with Crippen LogP contribution in [0.25, 0.3) is 6.08 Å². The Balaban J connectivity index is 2.81. The molecule has 0 saturated carbocycles. The zero-order valence-corrected chi connectivity index (χ0v) is 9.63. The lowest BCUT2D eigenvalue weighted by atomic mass is 10.1. The number of amides is 1. The van der Waals surface area contributed by atoms with Crippen LogP contribution in [0.15, 0.2) is 30.3 Å². The Kier molecular flexibility index (Phi) is 4.98. The summed E-state index contributed by atoms with van der Waals surface area (Å²) >= 11 is 4.13. The van der Waals surface area contributed by atoms with Gasteiger partial charge in [-0.2, -0.15) is 12.6 Å². The van der Waals surface area contributed by atoms with E-state index in [0.717, 1.165) is 23.4 Å². The third-order valence-electron chi connectivity index (χ3n) is 1.86. The molecule has 0 aliphatic carbocycles. The summed E-state index contributed by atoms with van der Waals surface area (Å²) in [7, 11) is 0. The molecule has 0 atom stereocenters. The highest BCUT2D eigenvalue weighted by atomic mass is 32.1. The number of rotatable bonds is 4. The first kappa shape index (κ1) is 11.9. The van der Waals surface area contributed by atoms with Gasteiger partial charge in [0.1, 0.15) is 0 Å².